The number of nitrogens with one attached hydrogen (secondary N) is 1. The molecule has 0 aliphatic heterocycles. The standard InChI is InChI=1S/C14H20N2/c1-2-3-4-5-10-16-12-14-8-6-13(11-15)7-9-14/h6-9,16H,2-5,10,12H2,1H3. The highest BCUT2D eigenvalue weighted by molar-refractivity contribution is 5.31. The lowest BCUT2D eigenvalue weighted by atomic mass is 10.1. The molecule has 0 radical (unpaired) electrons. The highest BCUT2D eigenvalue weighted by atomic mass is 14.8. The minimum atomic E-state index is 0.728. The lowest BCUT2D eigenvalue weighted by Crippen LogP contribution is -2.14. The second-order valence-corrected chi connectivity index (χ2v) is 4.05. The first-order chi connectivity index (χ1) is 7.86. The van der Waals surface area contributed by atoms with Crippen LogP contribution in [-0.4, -0.2) is 6.54 Å². The van der Waals surface area contributed by atoms with E-state index in [4.69, 9.17) is 5.26 Å². The molecule has 0 saturated heterocycles. The molecule has 86 valence electrons. The van der Waals surface area contributed by atoms with E-state index in [0.29, 0.717) is 0 Å². The summed E-state index contributed by atoms with van der Waals surface area (Å²) < 4.78 is 0. The molecule has 0 aromatic heterocycles. The minimum Gasteiger partial charge on any atom is -0.313 e. The average molecular weight is 216 g/mol. The van der Waals surface area contributed by atoms with Gasteiger partial charge in [-0.15, -0.1) is 0 Å². The summed E-state index contributed by atoms with van der Waals surface area (Å²) in [4.78, 5) is 0. The van der Waals surface area contributed by atoms with Crippen molar-refractivity contribution in [3.8, 4) is 6.07 Å². The first-order valence-electron chi connectivity index (χ1n) is 6.06. The van der Waals surface area contributed by atoms with Gasteiger partial charge in [0.25, 0.3) is 0 Å². The van der Waals surface area contributed by atoms with Gasteiger partial charge >= 0.3 is 0 Å². The van der Waals surface area contributed by atoms with Crippen molar-refractivity contribution in [2.24, 2.45) is 0 Å². The quantitative estimate of drug-likeness (QED) is 0.710. The van der Waals surface area contributed by atoms with E-state index in [1.54, 1.807) is 0 Å². The molecule has 0 saturated carbocycles. The number of benzene rings is 1. The summed E-state index contributed by atoms with van der Waals surface area (Å²) in [6, 6.07) is 9.89. The molecular formula is C14H20N2. The summed E-state index contributed by atoms with van der Waals surface area (Å²) in [7, 11) is 0. The van der Waals surface area contributed by atoms with Crippen molar-refractivity contribution in [1.29, 1.82) is 5.26 Å². The Kier molecular flexibility index (Phi) is 6.29. The molecule has 0 spiro atoms. The largest absolute Gasteiger partial charge is 0.313 e. The first-order valence-corrected chi connectivity index (χ1v) is 6.06. The van der Waals surface area contributed by atoms with E-state index >= 15 is 0 Å². The van der Waals surface area contributed by atoms with Crippen molar-refractivity contribution >= 4 is 0 Å². The van der Waals surface area contributed by atoms with Crippen molar-refractivity contribution in [3.63, 3.8) is 0 Å². The number of hydrogen-bond acceptors (Lipinski definition) is 2. The maximum absolute atomic E-state index is 8.66. The van der Waals surface area contributed by atoms with Crippen molar-refractivity contribution < 1.29 is 0 Å². The lowest BCUT2D eigenvalue weighted by Gasteiger charge is -2.04. The Labute approximate surface area is 98.3 Å². The smallest absolute Gasteiger partial charge is 0.0991 e. The Morgan fingerprint density at radius 2 is 1.88 bits per heavy atom. The second-order valence-electron chi connectivity index (χ2n) is 4.05. The Morgan fingerprint density at radius 3 is 2.50 bits per heavy atom. The van der Waals surface area contributed by atoms with Crippen LogP contribution in [0, 0.1) is 11.3 Å². The van der Waals surface area contributed by atoms with Gasteiger partial charge in [-0.1, -0.05) is 38.3 Å². The zero-order chi connectivity index (χ0) is 11.6. The van der Waals surface area contributed by atoms with Crippen LogP contribution in [0.4, 0.5) is 0 Å². The number of hydrogen-bond donors (Lipinski definition) is 1. The molecule has 0 fully saturated rings. The van der Waals surface area contributed by atoms with Gasteiger partial charge in [-0.3, -0.25) is 0 Å². The monoisotopic (exact) mass is 216 g/mol. The van der Waals surface area contributed by atoms with Crippen LogP contribution in [0.25, 0.3) is 0 Å². The molecule has 1 aromatic rings. The minimum absolute atomic E-state index is 0.728. The normalized spacial score (nSPS) is 10.0. The summed E-state index contributed by atoms with van der Waals surface area (Å²) in [6.07, 6.45) is 5.19. The van der Waals surface area contributed by atoms with E-state index < -0.39 is 0 Å². The van der Waals surface area contributed by atoms with Crippen LogP contribution in [0.1, 0.15) is 43.7 Å². The highest BCUT2D eigenvalue weighted by Gasteiger charge is 1.93. The Hall–Kier alpha value is -1.33. The zero-order valence-corrected chi connectivity index (χ0v) is 10.00. The highest BCUT2D eigenvalue weighted by Crippen LogP contribution is 2.03. The van der Waals surface area contributed by atoms with Crippen LogP contribution >= 0.6 is 0 Å². The molecule has 2 nitrogen and oxygen atoms in total. The molecule has 2 heteroatoms. The summed E-state index contributed by atoms with van der Waals surface area (Å²) in [5, 5.41) is 12.1. The Bertz CT molecular complexity index is 322. The average Bonchev–Trinajstić information content (AvgIpc) is 2.34. The van der Waals surface area contributed by atoms with Crippen molar-refractivity contribution in [2.45, 2.75) is 39.2 Å². The maximum atomic E-state index is 8.66. The summed E-state index contributed by atoms with van der Waals surface area (Å²) in [5.74, 6) is 0. The van der Waals surface area contributed by atoms with Gasteiger partial charge in [0.1, 0.15) is 0 Å². The number of nitriles is 1. The van der Waals surface area contributed by atoms with Gasteiger partial charge in [0, 0.05) is 6.54 Å². The van der Waals surface area contributed by atoms with Gasteiger partial charge in [-0.2, -0.15) is 5.26 Å². The number of unbranched alkanes of at least 4 members (excludes halogenated alkanes) is 3. The third kappa shape index (κ3) is 4.95. The van der Waals surface area contributed by atoms with E-state index in [-0.39, 0.29) is 0 Å². The molecule has 0 aliphatic carbocycles. The fraction of sp³-hybridized carbons (Fsp3) is 0.500. The van der Waals surface area contributed by atoms with E-state index in [0.717, 1.165) is 18.7 Å². The summed E-state index contributed by atoms with van der Waals surface area (Å²) >= 11 is 0. The van der Waals surface area contributed by atoms with E-state index in [2.05, 4.69) is 18.3 Å². The van der Waals surface area contributed by atoms with E-state index in [1.807, 2.05) is 24.3 Å². The molecule has 0 aliphatic rings. The van der Waals surface area contributed by atoms with E-state index in [1.165, 1.54) is 31.2 Å². The molecule has 1 N–H and O–H groups in total. The van der Waals surface area contributed by atoms with Crippen LogP contribution in [-0.2, 0) is 6.54 Å². The molecule has 0 unspecified atom stereocenters. The fourth-order valence-electron chi connectivity index (χ4n) is 1.61. The molecule has 16 heavy (non-hydrogen) atoms. The molecule has 0 heterocycles. The Balaban J connectivity index is 2.15. The number of rotatable bonds is 7. The second kappa shape index (κ2) is 7.90. The van der Waals surface area contributed by atoms with Crippen molar-refractivity contribution in [3.05, 3.63) is 35.4 Å². The fourth-order valence-corrected chi connectivity index (χ4v) is 1.61. The zero-order valence-electron chi connectivity index (χ0n) is 10.00. The van der Waals surface area contributed by atoms with Gasteiger partial charge in [0.05, 0.1) is 11.6 Å². The molecular weight excluding hydrogens is 196 g/mol. The molecule has 0 atom stereocenters. The van der Waals surface area contributed by atoms with Crippen LogP contribution in [0.3, 0.4) is 0 Å². The maximum Gasteiger partial charge on any atom is 0.0991 e. The first kappa shape index (κ1) is 12.7. The third-order valence-electron chi connectivity index (χ3n) is 2.62. The van der Waals surface area contributed by atoms with Crippen LogP contribution in [0.15, 0.2) is 24.3 Å². The Morgan fingerprint density at radius 1 is 1.12 bits per heavy atom. The lowest BCUT2D eigenvalue weighted by molar-refractivity contribution is 0.598. The molecule has 0 amide bonds. The van der Waals surface area contributed by atoms with Gasteiger partial charge < -0.3 is 5.32 Å². The van der Waals surface area contributed by atoms with Crippen molar-refractivity contribution in [2.75, 3.05) is 6.54 Å². The molecule has 1 rings (SSSR count). The topological polar surface area (TPSA) is 35.8 Å². The van der Waals surface area contributed by atoms with Crippen LogP contribution < -0.4 is 5.32 Å². The van der Waals surface area contributed by atoms with Crippen molar-refractivity contribution in [1.82, 2.24) is 5.32 Å². The predicted molar refractivity (Wildman–Crippen MR) is 67.0 cm³/mol. The van der Waals surface area contributed by atoms with Crippen LogP contribution in [0.2, 0.25) is 0 Å². The molecule has 1 aromatic carbocycles. The van der Waals surface area contributed by atoms with Crippen LogP contribution in [0.5, 0.6) is 0 Å². The predicted octanol–water partition coefficient (Wildman–Crippen LogP) is 3.23. The van der Waals surface area contributed by atoms with Gasteiger partial charge in [-0.25, -0.2) is 0 Å². The van der Waals surface area contributed by atoms with E-state index in [9.17, 15) is 0 Å². The van der Waals surface area contributed by atoms with Gasteiger partial charge in [0.15, 0.2) is 0 Å². The third-order valence-corrected chi connectivity index (χ3v) is 2.62. The SMILES string of the molecule is CCCCCCNCc1ccc(C#N)cc1. The summed E-state index contributed by atoms with van der Waals surface area (Å²) in [6.45, 7) is 4.21. The summed E-state index contributed by atoms with van der Waals surface area (Å²) in [5.41, 5.74) is 1.97. The van der Waals surface area contributed by atoms with Gasteiger partial charge in [-0.05, 0) is 30.7 Å². The molecule has 0 bridgehead atoms. The van der Waals surface area contributed by atoms with Gasteiger partial charge in [0.2, 0.25) is 0 Å². The number of nitrogens with zero attached hydrogens (tertiary/aromatic N) is 1.